The highest BCUT2D eigenvalue weighted by Gasteiger charge is 2.10. The van der Waals surface area contributed by atoms with Crippen molar-refractivity contribution in [1.29, 1.82) is 0 Å². The topological polar surface area (TPSA) is 96.3 Å². The van der Waals surface area contributed by atoms with Crippen LogP contribution >= 0.6 is 0 Å². The Morgan fingerprint density at radius 2 is 1.71 bits per heavy atom. The van der Waals surface area contributed by atoms with E-state index >= 15 is 0 Å². The average molecular weight is 378 g/mol. The van der Waals surface area contributed by atoms with Gasteiger partial charge < -0.3 is 20.4 Å². The van der Waals surface area contributed by atoms with Gasteiger partial charge in [-0.1, -0.05) is 50.2 Å². The number of anilines is 2. The van der Waals surface area contributed by atoms with Crippen molar-refractivity contribution >= 4 is 23.3 Å². The maximum Gasteiger partial charge on any atom is 0.319 e. The van der Waals surface area contributed by atoms with Crippen LogP contribution in [0.1, 0.15) is 19.7 Å². The van der Waals surface area contributed by atoms with E-state index in [2.05, 4.69) is 20.9 Å². The van der Waals surface area contributed by atoms with Gasteiger partial charge in [0, 0.05) is 22.9 Å². The largest absolute Gasteiger partial charge is 0.439 e. The molecule has 0 aliphatic carbocycles. The molecule has 0 bridgehead atoms. The molecule has 7 nitrogen and oxygen atoms in total. The van der Waals surface area contributed by atoms with Crippen LogP contribution < -0.4 is 16.0 Å². The van der Waals surface area contributed by atoms with Crippen LogP contribution in [0.2, 0.25) is 0 Å². The molecule has 0 aliphatic rings. The number of benzene rings is 2. The lowest BCUT2D eigenvalue weighted by Crippen LogP contribution is -2.28. The van der Waals surface area contributed by atoms with E-state index in [1.807, 2.05) is 44.2 Å². The second kappa shape index (κ2) is 8.85. The molecular weight excluding hydrogens is 356 g/mol. The molecule has 2 aromatic carbocycles. The molecule has 0 saturated heterocycles. The molecule has 1 heterocycles. The number of hydrogen-bond acceptors (Lipinski definition) is 4. The van der Waals surface area contributed by atoms with Crippen LogP contribution in [0, 0.1) is 5.92 Å². The summed E-state index contributed by atoms with van der Waals surface area (Å²) in [6.45, 7) is 3.79. The number of oxazole rings is 1. The van der Waals surface area contributed by atoms with E-state index < -0.39 is 6.03 Å². The Balaban J connectivity index is 1.54. The fourth-order valence-electron chi connectivity index (χ4n) is 2.42. The van der Waals surface area contributed by atoms with Gasteiger partial charge in [-0.3, -0.25) is 4.79 Å². The molecule has 3 aromatic rings. The molecule has 0 fully saturated rings. The zero-order valence-electron chi connectivity index (χ0n) is 15.7. The van der Waals surface area contributed by atoms with E-state index in [1.54, 1.807) is 30.5 Å². The van der Waals surface area contributed by atoms with Crippen molar-refractivity contribution < 1.29 is 14.0 Å². The first-order valence-electron chi connectivity index (χ1n) is 8.97. The molecule has 0 saturated carbocycles. The first kappa shape index (κ1) is 19.2. The van der Waals surface area contributed by atoms with Gasteiger partial charge in [-0.15, -0.1) is 0 Å². The smallest absolute Gasteiger partial charge is 0.319 e. The molecule has 0 spiro atoms. The Hall–Kier alpha value is -3.61. The molecular formula is C21H22N4O3. The molecule has 7 heteroatoms. The monoisotopic (exact) mass is 378 g/mol. The fraction of sp³-hybridized carbons (Fsp3) is 0.190. The van der Waals surface area contributed by atoms with E-state index in [0.717, 1.165) is 5.56 Å². The maximum atomic E-state index is 12.1. The van der Waals surface area contributed by atoms with Gasteiger partial charge >= 0.3 is 6.03 Å². The van der Waals surface area contributed by atoms with E-state index in [4.69, 9.17) is 4.42 Å². The lowest BCUT2D eigenvalue weighted by molar-refractivity contribution is -0.118. The van der Waals surface area contributed by atoms with Crippen molar-refractivity contribution in [3.05, 3.63) is 66.7 Å². The summed E-state index contributed by atoms with van der Waals surface area (Å²) in [5, 5.41) is 8.22. The molecule has 0 aliphatic heterocycles. The van der Waals surface area contributed by atoms with Crippen molar-refractivity contribution in [3.8, 4) is 11.3 Å². The van der Waals surface area contributed by atoms with Gasteiger partial charge in [0.05, 0.1) is 12.7 Å². The van der Waals surface area contributed by atoms with Crippen molar-refractivity contribution in [2.24, 2.45) is 5.92 Å². The second-order valence-corrected chi connectivity index (χ2v) is 6.52. The summed E-state index contributed by atoms with van der Waals surface area (Å²) in [5.74, 6) is 0.847. The number of carbonyl (C=O) groups is 2. The second-order valence-electron chi connectivity index (χ2n) is 6.52. The van der Waals surface area contributed by atoms with E-state index in [0.29, 0.717) is 23.0 Å². The molecule has 3 rings (SSSR count). The number of aromatic nitrogens is 1. The first-order chi connectivity index (χ1) is 13.5. The summed E-state index contributed by atoms with van der Waals surface area (Å²) < 4.78 is 5.65. The Kier molecular flexibility index (Phi) is 6.06. The van der Waals surface area contributed by atoms with Crippen LogP contribution in [0.4, 0.5) is 16.2 Å². The van der Waals surface area contributed by atoms with Gasteiger partial charge in [0.2, 0.25) is 11.8 Å². The molecule has 0 atom stereocenters. The number of rotatable bonds is 6. The van der Waals surface area contributed by atoms with Crippen molar-refractivity contribution in [3.63, 3.8) is 0 Å². The van der Waals surface area contributed by atoms with E-state index in [-0.39, 0.29) is 18.4 Å². The van der Waals surface area contributed by atoms with Crippen LogP contribution in [0.25, 0.3) is 11.3 Å². The summed E-state index contributed by atoms with van der Waals surface area (Å²) >= 11 is 0. The lowest BCUT2D eigenvalue weighted by Gasteiger charge is -2.10. The Bertz CT molecular complexity index is 951. The zero-order valence-corrected chi connectivity index (χ0v) is 15.7. The van der Waals surface area contributed by atoms with Gasteiger partial charge in [0.15, 0.2) is 5.76 Å². The van der Waals surface area contributed by atoms with Crippen molar-refractivity contribution in [2.75, 3.05) is 10.6 Å². The van der Waals surface area contributed by atoms with Crippen molar-refractivity contribution in [2.45, 2.75) is 20.4 Å². The molecule has 3 amide bonds. The molecule has 0 unspecified atom stereocenters. The Morgan fingerprint density at radius 1 is 1.00 bits per heavy atom. The van der Waals surface area contributed by atoms with Crippen LogP contribution in [0.3, 0.4) is 0 Å². The molecule has 0 radical (unpaired) electrons. The van der Waals surface area contributed by atoms with E-state index in [1.165, 1.54) is 0 Å². The third-order valence-corrected chi connectivity index (χ3v) is 3.92. The standard InChI is InChI=1S/C21H22N4O3/c1-14(2)20(26)24-16-9-6-10-17(11-16)25-21(27)23-13-19-22-12-18(28-19)15-7-4-3-5-8-15/h3-12,14H,13H2,1-2H3,(H,24,26)(H2,23,25,27). The van der Waals surface area contributed by atoms with Gasteiger partial charge in [0.1, 0.15) is 0 Å². The predicted molar refractivity (Wildman–Crippen MR) is 108 cm³/mol. The van der Waals surface area contributed by atoms with Crippen LogP contribution in [-0.2, 0) is 11.3 Å². The molecule has 144 valence electrons. The zero-order chi connectivity index (χ0) is 19.9. The number of nitrogens with one attached hydrogen (secondary N) is 3. The van der Waals surface area contributed by atoms with Crippen LogP contribution in [0.15, 0.2) is 65.2 Å². The summed E-state index contributed by atoms with van der Waals surface area (Å²) in [7, 11) is 0. The maximum absolute atomic E-state index is 12.1. The molecule has 28 heavy (non-hydrogen) atoms. The summed E-state index contributed by atoms with van der Waals surface area (Å²) in [4.78, 5) is 28.1. The number of amides is 3. The Labute approximate surface area is 163 Å². The number of urea groups is 1. The summed E-state index contributed by atoms with van der Waals surface area (Å²) in [6.07, 6.45) is 1.63. The minimum Gasteiger partial charge on any atom is -0.439 e. The summed E-state index contributed by atoms with van der Waals surface area (Å²) in [6, 6.07) is 16.2. The molecule has 1 aromatic heterocycles. The predicted octanol–water partition coefficient (Wildman–Crippen LogP) is 4.26. The quantitative estimate of drug-likeness (QED) is 0.597. The third kappa shape index (κ3) is 5.20. The van der Waals surface area contributed by atoms with Gasteiger partial charge in [-0.2, -0.15) is 0 Å². The first-order valence-corrected chi connectivity index (χ1v) is 8.97. The highest BCUT2D eigenvalue weighted by atomic mass is 16.4. The highest BCUT2D eigenvalue weighted by molar-refractivity contribution is 5.94. The summed E-state index contributed by atoms with van der Waals surface area (Å²) in [5.41, 5.74) is 2.11. The average Bonchev–Trinajstić information content (AvgIpc) is 3.16. The van der Waals surface area contributed by atoms with Crippen molar-refractivity contribution in [1.82, 2.24) is 10.3 Å². The van der Waals surface area contributed by atoms with Crippen LogP contribution in [0.5, 0.6) is 0 Å². The lowest BCUT2D eigenvalue weighted by atomic mass is 10.2. The SMILES string of the molecule is CC(C)C(=O)Nc1cccc(NC(=O)NCc2ncc(-c3ccccc3)o2)c1. The number of hydrogen-bond donors (Lipinski definition) is 3. The van der Waals surface area contributed by atoms with Crippen LogP contribution in [-0.4, -0.2) is 16.9 Å². The fourth-order valence-corrected chi connectivity index (χ4v) is 2.42. The normalized spacial score (nSPS) is 10.5. The van der Waals surface area contributed by atoms with Gasteiger partial charge in [0.25, 0.3) is 0 Å². The van der Waals surface area contributed by atoms with Gasteiger partial charge in [-0.05, 0) is 18.2 Å². The number of carbonyl (C=O) groups excluding carboxylic acids is 2. The van der Waals surface area contributed by atoms with Gasteiger partial charge in [-0.25, -0.2) is 9.78 Å². The highest BCUT2D eigenvalue weighted by Crippen LogP contribution is 2.20. The number of nitrogens with zero attached hydrogens (tertiary/aromatic N) is 1. The Morgan fingerprint density at radius 3 is 2.43 bits per heavy atom. The minimum atomic E-state index is -0.396. The molecule has 3 N–H and O–H groups in total. The minimum absolute atomic E-state index is 0.0836. The third-order valence-electron chi connectivity index (χ3n) is 3.92. The van der Waals surface area contributed by atoms with E-state index in [9.17, 15) is 9.59 Å².